The van der Waals surface area contributed by atoms with Crippen LogP contribution < -0.4 is 5.32 Å². The Balaban J connectivity index is 1.39. The van der Waals surface area contributed by atoms with Crippen molar-refractivity contribution in [3.63, 3.8) is 0 Å². The molecule has 1 aliphatic carbocycles. The molecule has 0 saturated heterocycles. The molecule has 3 aromatic heterocycles. The molecule has 1 N–H and O–H groups in total. The van der Waals surface area contributed by atoms with Gasteiger partial charge < -0.3 is 8.98 Å². The van der Waals surface area contributed by atoms with Crippen LogP contribution in [-0.2, 0) is 13.0 Å². The van der Waals surface area contributed by atoms with Crippen LogP contribution in [0, 0.1) is 0 Å². The van der Waals surface area contributed by atoms with E-state index in [9.17, 15) is 4.79 Å². The highest BCUT2D eigenvalue weighted by atomic mass is 16.3. The molecule has 0 atom stereocenters. The summed E-state index contributed by atoms with van der Waals surface area (Å²) >= 11 is 0. The zero-order valence-corrected chi connectivity index (χ0v) is 15.9. The SMILES string of the molecule is O=C(Nc1nc2ccccc2n1CCc1ccccn1)c1coc(C2CCC2)n1. The van der Waals surface area contributed by atoms with E-state index >= 15 is 0 Å². The summed E-state index contributed by atoms with van der Waals surface area (Å²) in [6, 6.07) is 13.7. The Labute approximate surface area is 167 Å². The molecule has 0 aliphatic heterocycles. The minimum Gasteiger partial charge on any atom is -0.448 e. The van der Waals surface area contributed by atoms with Crippen molar-refractivity contribution in [2.45, 2.75) is 38.1 Å². The Hall–Kier alpha value is -3.48. The van der Waals surface area contributed by atoms with Gasteiger partial charge in [-0.15, -0.1) is 0 Å². The van der Waals surface area contributed by atoms with E-state index < -0.39 is 0 Å². The van der Waals surface area contributed by atoms with Crippen molar-refractivity contribution in [3.05, 3.63) is 72.2 Å². The van der Waals surface area contributed by atoms with Crippen LogP contribution >= 0.6 is 0 Å². The van der Waals surface area contributed by atoms with Gasteiger partial charge in [-0.2, -0.15) is 0 Å². The second-order valence-electron chi connectivity index (χ2n) is 7.30. The van der Waals surface area contributed by atoms with Gasteiger partial charge in [0.1, 0.15) is 6.26 Å². The summed E-state index contributed by atoms with van der Waals surface area (Å²) in [5.74, 6) is 1.19. The molecule has 1 fully saturated rings. The first-order chi connectivity index (χ1) is 14.3. The summed E-state index contributed by atoms with van der Waals surface area (Å²) in [6.45, 7) is 0.652. The van der Waals surface area contributed by atoms with Crippen LogP contribution in [0.15, 0.2) is 59.3 Å². The molecule has 1 aromatic carbocycles. The molecule has 1 aliphatic rings. The van der Waals surface area contributed by atoms with E-state index in [1.54, 1.807) is 6.20 Å². The van der Waals surface area contributed by atoms with E-state index in [2.05, 4.69) is 20.3 Å². The average molecular weight is 387 g/mol. The minimum absolute atomic E-state index is 0.287. The van der Waals surface area contributed by atoms with Gasteiger partial charge in [0.25, 0.3) is 5.91 Å². The number of pyridine rings is 1. The summed E-state index contributed by atoms with van der Waals surface area (Å²) in [5, 5.41) is 2.91. The number of aryl methyl sites for hydroxylation is 2. The number of para-hydroxylation sites is 2. The standard InChI is InChI=1S/C22H21N5O2/c28-20(18-14-29-21(24-18)15-6-5-7-15)26-22-25-17-9-1-2-10-19(17)27(22)13-11-16-8-3-4-12-23-16/h1-4,8-10,12,14-15H,5-7,11,13H2,(H,25,26,28). The fourth-order valence-corrected chi connectivity index (χ4v) is 3.57. The van der Waals surface area contributed by atoms with Crippen molar-refractivity contribution in [2.75, 3.05) is 5.32 Å². The molecule has 5 rings (SSSR count). The van der Waals surface area contributed by atoms with E-state index in [1.807, 2.05) is 47.0 Å². The first-order valence-corrected chi connectivity index (χ1v) is 9.90. The number of rotatable bonds is 6. The van der Waals surface area contributed by atoms with Crippen LogP contribution in [0.4, 0.5) is 5.95 Å². The van der Waals surface area contributed by atoms with Gasteiger partial charge in [0.15, 0.2) is 11.6 Å². The number of hydrogen-bond acceptors (Lipinski definition) is 5. The van der Waals surface area contributed by atoms with Crippen molar-refractivity contribution >= 4 is 22.9 Å². The number of oxazole rings is 1. The summed E-state index contributed by atoms with van der Waals surface area (Å²) in [4.78, 5) is 26.1. The highest BCUT2D eigenvalue weighted by Crippen LogP contribution is 2.35. The number of benzene rings is 1. The number of carbonyl (C=O) groups is 1. The van der Waals surface area contributed by atoms with Gasteiger partial charge in [0.2, 0.25) is 5.95 Å². The van der Waals surface area contributed by atoms with Gasteiger partial charge in [0.05, 0.1) is 11.0 Å². The van der Waals surface area contributed by atoms with E-state index in [-0.39, 0.29) is 11.6 Å². The molecule has 4 aromatic rings. The first-order valence-electron chi connectivity index (χ1n) is 9.90. The minimum atomic E-state index is -0.311. The largest absolute Gasteiger partial charge is 0.448 e. The average Bonchev–Trinajstić information content (AvgIpc) is 3.31. The molecular weight excluding hydrogens is 366 g/mol. The second kappa shape index (κ2) is 7.50. The van der Waals surface area contributed by atoms with Crippen LogP contribution in [0.3, 0.4) is 0 Å². The third-order valence-corrected chi connectivity index (χ3v) is 5.41. The molecule has 0 spiro atoms. The molecule has 3 heterocycles. The topological polar surface area (TPSA) is 85.8 Å². The number of hydrogen-bond donors (Lipinski definition) is 1. The molecule has 7 heteroatoms. The van der Waals surface area contributed by atoms with Crippen LogP contribution in [0.1, 0.15) is 47.3 Å². The third-order valence-electron chi connectivity index (χ3n) is 5.41. The zero-order chi connectivity index (χ0) is 19.6. The van der Waals surface area contributed by atoms with E-state index in [1.165, 1.54) is 12.7 Å². The van der Waals surface area contributed by atoms with Crippen molar-refractivity contribution < 1.29 is 9.21 Å². The number of nitrogens with one attached hydrogen (secondary N) is 1. The van der Waals surface area contributed by atoms with Crippen molar-refractivity contribution in [2.24, 2.45) is 0 Å². The maximum atomic E-state index is 12.8. The molecule has 7 nitrogen and oxygen atoms in total. The third kappa shape index (κ3) is 3.51. The Kier molecular flexibility index (Phi) is 4.56. The van der Waals surface area contributed by atoms with Crippen molar-refractivity contribution in [1.82, 2.24) is 19.5 Å². The lowest BCUT2D eigenvalue weighted by atomic mass is 9.85. The molecule has 0 radical (unpaired) electrons. The summed E-state index contributed by atoms with van der Waals surface area (Å²) in [5.41, 5.74) is 3.08. The lowest BCUT2D eigenvalue weighted by Crippen LogP contribution is -2.17. The maximum absolute atomic E-state index is 12.8. The zero-order valence-electron chi connectivity index (χ0n) is 15.9. The Morgan fingerprint density at radius 3 is 2.79 bits per heavy atom. The predicted molar refractivity (Wildman–Crippen MR) is 109 cm³/mol. The molecule has 0 bridgehead atoms. The Morgan fingerprint density at radius 1 is 1.14 bits per heavy atom. The molecule has 1 amide bonds. The number of aromatic nitrogens is 4. The Bertz CT molecular complexity index is 1140. The fraction of sp³-hybridized carbons (Fsp3) is 0.273. The van der Waals surface area contributed by atoms with Gasteiger partial charge in [0, 0.05) is 30.8 Å². The van der Waals surface area contributed by atoms with Crippen LogP contribution in [0.2, 0.25) is 0 Å². The van der Waals surface area contributed by atoms with Gasteiger partial charge >= 0.3 is 0 Å². The van der Waals surface area contributed by atoms with Crippen LogP contribution in [-0.4, -0.2) is 25.4 Å². The Morgan fingerprint density at radius 2 is 2.00 bits per heavy atom. The molecule has 0 unspecified atom stereocenters. The second-order valence-corrected chi connectivity index (χ2v) is 7.30. The molecular formula is C22H21N5O2. The van der Waals surface area contributed by atoms with Gasteiger partial charge in [-0.3, -0.25) is 15.1 Å². The highest BCUT2D eigenvalue weighted by molar-refractivity contribution is 6.02. The predicted octanol–water partition coefficient (Wildman–Crippen LogP) is 4.18. The smallest absolute Gasteiger partial charge is 0.279 e. The molecule has 1 saturated carbocycles. The normalized spacial score (nSPS) is 14.1. The number of imidazole rings is 1. The van der Waals surface area contributed by atoms with Gasteiger partial charge in [-0.25, -0.2) is 9.97 Å². The summed E-state index contributed by atoms with van der Waals surface area (Å²) in [7, 11) is 0. The van der Waals surface area contributed by atoms with Gasteiger partial charge in [-0.05, 0) is 37.1 Å². The first kappa shape index (κ1) is 17.6. The lowest BCUT2D eigenvalue weighted by Gasteiger charge is -2.21. The van der Waals surface area contributed by atoms with Crippen LogP contribution in [0.25, 0.3) is 11.0 Å². The number of amides is 1. The number of carbonyl (C=O) groups excluding carboxylic acids is 1. The monoisotopic (exact) mass is 387 g/mol. The number of anilines is 1. The van der Waals surface area contributed by atoms with Gasteiger partial charge in [-0.1, -0.05) is 24.6 Å². The quantitative estimate of drug-likeness (QED) is 0.536. The summed E-state index contributed by atoms with van der Waals surface area (Å²) < 4.78 is 7.52. The lowest BCUT2D eigenvalue weighted by molar-refractivity contribution is 0.102. The van der Waals surface area contributed by atoms with E-state index in [4.69, 9.17) is 4.42 Å². The number of nitrogens with zero attached hydrogens (tertiary/aromatic N) is 4. The fourth-order valence-electron chi connectivity index (χ4n) is 3.57. The molecule has 29 heavy (non-hydrogen) atoms. The molecule has 146 valence electrons. The van der Waals surface area contributed by atoms with Crippen LogP contribution in [0.5, 0.6) is 0 Å². The van der Waals surface area contributed by atoms with E-state index in [0.29, 0.717) is 24.3 Å². The van der Waals surface area contributed by atoms with Crippen molar-refractivity contribution in [3.8, 4) is 0 Å². The summed E-state index contributed by atoms with van der Waals surface area (Å²) in [6.07, 6.45) is 7.29. The highest BCUT2D eigenvalue weighted by Gasteiger charge is 2.26. The van der Waals surface area contributed by atoms with Crippen molar-refractivity contribution in [1.29, 1.82) is 0 Å². The number of fused-ring (bicyclic) bond motifs is 1. The maximum Gasteiger partial charge on any atom is 0.279 e. The van der Waals surface area contributed by atoms with E-state index in [0.717, 1.165) is 36.0 Å².